The molecule has 2 atom stereocenters. The SMILES string of the molecule is C[C@@H](c1c[nH]c2ccccc12)[C@H](C(=O)Nc1cccc(CN(C)C)c1)N(Cc1ccccc1)C(=O)N1CCNCC1. The van der Waals surface area contributed by atoms with Gasteiger partial charge in [-0.25, -0.2) is 4.79 Å². The van der Waals surface area contributed by atoms with Crippen LogP contribution in [0.4, 0.5) is 10.5 Å². The molecule has 0 radical (unpaired) electrons. The fourth-order valence-electron chi connectivity index (χ4n) is 5.71. The molecule has 3 amide bonds. The number of nitrogens with zero attached hydrogens (tertiary/aromatic N) is 3. The summed E-state index contributed by atoms with van der Waals surface area (Å²) in [5.74, 6) is -0.490. The van der Waals surface area contributed by atoms with Gasteiger partial charge < -0.3 is 30.3 Å². The number of fused-ring (bicyclic) bond motifs is 1. The number of H-pyrrole nitrogens is 1. The second-order valence-electron chi connectivity index (χ2n) is 11.1. The number of benzene rings is 3. The summed E-state index contributed by atoms with van der Waals surface area (Å²) in [6, 6.07) is 25.1. The topological polar surface area (TPSA) is 83.7 Å². The van der Waals surface area contributed by atoms with Gasteiger partial charge in [-0.05, 0) is 49.0 Å². The number of amides is 3. The van der Waals surface area contributed by atoms with E-state index in [-0.39, 0.29) is 17.9 Å². The van der Waals surface area contributed by atoms with Crippen LogP contribution in [-0.2, 0) is 17.9 Å². The Morgan fingerprint density at radius 3 is 2.37 bits per heavy atom. The van der Waals surface area contributed by atoms with Crippen LogP contribution in [0, 0.1) is 0 Å². The first kappa shape index (κ1) is 28.4. The number of piperazine rings is 1. The average molecular weight is 553 g/mol. The molecule has 0 aliphatic carbocycles. The molecule has 1 aliphatic rings. The van der Waals surface area contributed by atoms with Crippen molar-refractivity contribution in [3.63, 3.8) is 0 Å². The molecule has 1 saturated heterocycles. The Hall–Kier alpha value is -4.14. The molecule has 5 rings (SSSR count). The van der Waals surface area contributed by atoms with Crippen molar-refractivity contribution in [1.82, 2.24) is 25.0 Å². The lowest BCUT2D eigenvalue weighted by Gasteiger charge is -2.39. The van der Waals surface area contributed by atoms with E-state index in [0.717, 1.165) is 52.9 Å². The van der Waals surface area contributed by atoms with Crippen LogP contribution in [-0.4, -0.2) is 77.9 Å². The monoisotopic (exact) mass is 552 g/mol. The highest BCUT2D eigenvalue weighted by molar-refractivity contribution is 5.98. The normalized spacial score (nSPS) is 15.1. The van der Waals surface area contributed by atoms with E-state index in [1.54, 1.807) is 4.90 Å². The van der Waals surface area contributed by atoms with Crippen molar-refractivity contribution in [1.29, 1.82) is 0 Å². The highest BCUT2D eigenvalue weighted by Gasteiger charge is 2.38. The van der Waals surface area contributed by atoms with Gasteiger partial charge in [-0.15, -0.1) is 0 Å². The van der Waals surface area contributed by atoms with Gasteiger partial charge in [-0.1, -0.05) is 67.6 Å². The fourth-order valence-corrected chi connectivity index (χ4v) is 5.71. The molecule has 4 aromatic rings. The Labute approximate surface area is 242 Å². The van der Waals surface area contributed by atoms with E-state index in [2.05, 4.69) is 32.7 Å². The summed E-state index contributed by atoms with van der Waals surface area (Å²) in [6.07, 6.45) is 1.98. The lowest BCUT2D eigenvalue weighted by Crippen LogP contribution is -2.57. The van der Waals surface area contributed by atoms with E-state index in [0.29, 0.717) is 19.6 Å². The van der Waals surface area contributed by atoms with Gasteiger partial charge in [0.25, 0.3) is 0 Å². The summed E-state index contributed by atoms with van der Waals surface area (Å²) in [6.45, 7) is 5.82. The number of rotatable bonds is 9. The third kappa shape index (κ3) is 6.78. The maximum Gasteiger partial charge on any atom is 0.321 e. The van der Waals surface area contributed by atoms with Gasteiger partial charge in [0.05, 0.1) is 0 Å². The molecular weight excluding hydrogens is 512 g/mol. The molecule has 8 heteroatoms. The van der Waals surface area contributed by atoms with Gasteiger partial charge in [0.2, 0.25) is 5.91 Å². The molecule has 8 nitrogen and oxygen atoms in total. The van der Waals surface area contributed by atoms with Crippen LogP contribution in [0.5, 0.6) is 0 Å². The summed E-state index contributed by atoms with van der Waals surface area (Å²) >= 11 is 0. The van der Waals surface area contributed by atoms with Crippen molar-refractivity contribution in [3.8, 4) is 0 Å². The maximum atomic E-state index is 14.4. The lowest BCUT2D eigenvalue weighted by atomic mass is 9.90. The third-order valence-corrected chi connectivity index (χ3v) is 7.71. The number of hydrogen-bond acceptors (Lipinski definition) is 4. The van der Waals surface area contributed by atoms with Crippen molar-refractivity contribution in [2.75, 3.05) is 45.6 Å². The van der Waals surface area contributed by atoms with Crippen LogP contribution < -0.4 is 10.6 Å². The first-order valence-corrected chi connectivity index (χ1v) is 14.3. The number of carbonyl (C=O) groups excluding carboxylic acids is 2. The minimum absolute atomic E-state index is 0.122. The number of carbonyl (C=O) groups is 2. The number of aromatic nitrogens is 1. The molecule has 1 aromatic heterocycles. The van der Waals surface area contributed by atoms with Gasteiger partial charge in [-0.2, -0.15) is 0 Å². The van der Waals surface area contributed by atoms with Gasteiger partial charge >= 0.3 is 6.03 Å². The van der Waals surface area contributed by atoms with E-state index in [9.17, 15) is 9.59 Å². The van der Waals surface area contributed by atoms with Crippen LogP contribution >= 0.6 is 0 Å². The van der Waals surface area contributed by atoms with E-state index >= 15 is 0 Å². The Balaban J connectivity index is 1.55. The van der Waals surface area contributed by atoms with Crippen LogP contribution in [0.2, 0.25) is 0 Å². The first-order valence-electron chi connectivity index (χ1n) is 14.3. The van der Waals surface area contributed by atoms with E-state index < -0.39 is 6.04 Å². The molecule has 41 heavy (non-hydrogen) atoms. The number of urea groups is 1. The zero-order chi connectivity index (χ0) is 28.8. The molecule has 0 saturated carbocycles. The molecule has 0 bridgehead atoms. The van der Waals surface area contributed by atoms with Gasteiger partial charge in [-0.3, -0.25) is 4.79 Å². The number of anilines is 1. The lowest BCUT2D eigenvalue weighted by molar-refractivity contribution is -0.121. The Morgan fingerprint density at radius 2 is 1.61 bits per heavy atom. The third-order valence-electron chi connectivity index (χ3n) is 7.71. The molecule has 0 spiro atoms. The van der Waals surface area contributed by atoms with E-state index in [1.165, 1.54) is 0 Å². The van der Waals surface area contributed by atoms with Crippen LogP contribution in [0.15, 0.2) is 85.1 Å². The Bertz CT molecular complexity index is 1460. The summed E-state index contributed by atoms with van der Waals surface area (Å²) in [4.78, 5) is 37.7. The summed E-state index contributed by atoms with van der Waals surface area (Å²) in [5, 5.41) is 7.56. The average Bonchev–Trinajstić information content (AvgIpc) is 3.41. The summed E-state index contributed by atoms with van der Waals surface area (Å²) in [5.41, 5.74) is 4.82. The molecule has 1 aliphatic heterocycles. The van der Waals surface area contributed by atoms with Gasteiger partial charge in [0, 0.05) is 68.0 Å². The minimum Gasteiger partial charge on any atom is -0.361 e. The second-order valence-corrected chi connectivity index (χ2v) is 11.1. The van der Waals surface area contributed by atoms with Gasteiger partial charge in [0.1, 0.15) is 6.04 Å². The van der Waals surface area contributed by atoms with Crippen molar-refractivity contribution in [2.24, 2.45) is 0 Å². The van der Waals surface area contributed by atoms with Gasteiger partial charge in [0.15, 0.2) is 0 Å². The maximum absolute atomic E-state index is 14.4. The molecule has 3 N–H and O–H groups in total. The highest BCUT2D eigenvalue weighted by atomic mass is 16.2. The molecule has 3 aromatic carbocycles. The first-order chi connectivity index (χ1) is 19.9. The number of nitrogens with one attached hydrogen (secondary N) is 3. The van der Waals surface area contributed by atoms with Crippen molar-refractivity contribution >= 4 is 28.5 Å². The van der Waals surface area contributed by atoms with Crippen LogP contribution in [0.1, 0.15) is 29.5 Å². The summed E-state index contributed by atoms with van der Waals surface area (Å²) in [7, 11) is 4.04. The van der Waals surface area contributed by atoms with Crippen LogP contribution in [0.3, 0.4) is 0 Å². The molecule has 0 unspecified atom stereocenters. The fraction of sp³-hybridized carbons (Fsp3) is 0.333. The summed E-state index contributed by atoms with van der Waals surface area (Å²) < 4.78 is 0. The van der Waals surface area contributed by atoms with Crippen LogP contribution in [0.25, 0.3) is 10.9 Å². The molecule has 1 fully saturated rings. The van der Waals surface area contributed by atoms with E-state index in [1.807, 2.05) is 98.8 Å². The largest absolute Gasteiger partial charge is 0.361 e. The zero-order valence-corrected chi connectivity index (χ0v) is 24.1. The van der Waals surface area contributed by atoms with Crippen molar-refractivity contribution < 1.29 is 9.59 Å². The Morgan fingerprint density at radius 1 is 0.902 bits per heavy atom. The molecule has 214 valence electrons. The Kier molecular flexibility index (Phi) is 9.01. The standard InChI is InChI=1S/C33H40N6O2/c1-24(29-21-35-30-15-8-7-14-28(29)30)31(32(40)36-27-13-9-12-26(20-27)22-37(2)3)39(23-25-10-5-4-6-11-25)33(41)38-18-16-34-17-19-38/h4-15,20-21,24,31,34-35H,16-19,22-23H2,1-3H3,(H,36,40)/t24-,31+/m0/s1. The second kappa shape index (κ2) is 13.0. The zero-order valence-electron chi connectivity index (χ0n) is 24.1. The predicted molar refractivity (Wildman–Crippen MR) is 165 cm³/mol. The predicted octanol–water partition coefficient (Wildman–Crippen LogP) is 4.87. The smallest absolute Gasteiger partial charge is 0.321 e. The molecule has 2 heterocycles. The number of aromatic amines is 1. The van der Waals surface area contributed by atoms with E-state index in [4.69, 9.17) is 0 Å². The van der Waals surface area contributed by atoms with Crippen molar-refractivity contribution in [3.05, 3.63) is 102 Å². The van der Waals surface area contributed by atoms with Crippen molar-refractivity contribution in [2.45, 2.75) is 32.0 Å². The minimum atomic E-state index is -0.755. The highest BCUT2D eigenvalue weighted by Crippen LogP contribution is 2.32. The molecular formula is C33H40N6O2. The number of hydrogen-bond donors (Lipinski definition) is 3. The number of para-hydroxylation sites is 1. The quantitative estimate of drug-likeness (QED) is 0.277.